The molecule has 0 saturated carbocycles. The Morgan fingerprint density at radius 1 is 1.29 bits per heavy atom. The predicted molar refractivity (Wildman–Crippen MR) is 79.5 cm³/mol. The van der Waals surface area contributed by atoms with Crippen LogP contribution >= 0.6 is 15.9 Å². The van der Waals surface area contributed by atoms with Gasteiger partial charge in [0.1, 0.15) is 0 Å². The smallest absolute Gasteiger partial charge is 0.382 e. The highest BCUT2D eigenvalue weighted by Crippen LogP contribution is 2.36. The second-order valence-corrected chi connectivity index (χ2v) is 5.85. The molecule has 1 aromatic rings. The number of piperidine rings is 1. The van der Waals surface area contributed by atoms with Gasteiger partial charge in [0.05, 0.1) is 18.3 Å². The number of benzene rings is 1. The molecule has 2 N–H and O–H groups in total. The molecule has 2 rings (SSSR count). The van der Waals surface area contributed by atoms with E-state index < -0.39 is 11.7 Å². The Bertz CT molecular complexity index is 462. The van der Waals surface area contributed by atoms with Crippen LogP contribution in [0.3, 0.4) is 0 Å². The molecule has 0 bridgehead atoms. The zero-order valence-electron chi connectivity index (χ0n) is 11.5. The first-order valence-electron chi connectivity index (χ1n) is 6.90. The van der Waals surface area contributed by atoms with E-state index in [1.165, 1.54) is 12.1 Å². The Morgan fingerprint density at radius 2 is 2.00 bits per heavy atom. The number of hydrogen-bond donors (Lipinski definition) is 2. The summed E-state index contributed by atoms with van der Waals surface area (Å²) in [5.74, 6) is 0. The average molecular weight is 367 g/mol. The van der Waals surface area contributed by atoms with Crippen molar-refractivity contribution in [3.63, 3.8) is 0 Å². The Morgan fingerprint density at radius 3 is 2.67 bits per heavy atom. The highest BCUT2D eigenvalue weighted by molar-refractivity contribution is 9.10. The van der Waals surface area contributed by atoms with E-state index in [1.807, 2.05) is 0 Å². The molecular weight excluding hydrogens is 349 g/mol. The van der Waals surface area contributed by atoms with Gasteiger partial charge in [-0.2, -0.15) is 13.2 Å². The maximum absolute atomic E-state index is 12.9. The largest absolute Gasteiger partial charge is 0.418 e. The van der Waals surface area contributed by atoms with Crippen molar-refractivity contribution < 1.29 is 17.9 Å². The van der Waals surface area contributed by atoms with Gasteiger partial charge in [-0.05, 0) is 44.1 Å². The van der Waals surface area contributed by atoms with Gasteiger partial charge in [0.15, 0.2) is 0 Å². The number of rotatable bonds is 5. The van der Waals surface area contributed by atoms with Crippen LogP contribution in [0, 0.1) is 0 Å². The highest BCUT2D eigenvalue weighted by Gasteiger charge is 2.33. The van der Waals surface area contributed by atoms with Gasteiger partial charge in [0.25, 0.3) is 0 Å². The first-order valence-corrected chi connectivity index (χ1v) is 7.69. The third kappa shape index (κ3) is 5.16. The van der Waals surface area contributed by atoms with E-state index in [9.17, 15) is 13.2 Å². The normalized spacial score (nSPS) is 17.0. The molecule has 7 heteroatoms. The van der Waals surface area contributed by atoms with Crippen LogP contribution in [0.15, 0.2) is 22.7 Å². The molecule has 0 unspecified atom stereocenters. The predicted octanol–water partition coefficient (Wildman–Crippen LogP) is 3.65. The van der Waals surface area contributed by atoms with E-state index in [0.29, 0.717) is 17.6 Å². The molecule has 1 aliphatic rings. The number of halogens is 4. The van der Waals surface area contributed by atoms with Crippen molar-refractivity contribution in [1.82, 2.24) is 5.32 Å². The van der Waals surface area contributed by atoms with Crippen LogP contribution < -0.4 is 10.6 Å². The van der Waals surface area contributed by atoms with Crippen molar-refractivity contribution >= 4 is 21.6 Å². The average Bonchev–Trinajstić information content (AvgIpc) is 2.43. The van der Waals surface area contributed by atoms with Crippen LogP contribution in [0.2, 0.25) is 0 Å². The zero-order valence-corrected chi connectivity index (χ0v) is 13.1. The lowest BCUT2D eigenvalue weighted by atomic mass is 10.1. The molecule has 1 aromatic carbocycles. The third-order valence-corrected chi connectivity index (χ3v) is 3.84. The second-order valence-electron chi connectivity index (χ2n) is 4.93. The lowest BCUT2D eigenvalue weighted by Gasteiger charge is -2.23. The summed E-state index contributed by atoms with van der Waals surface area (Å²) in [6.07, 6.45) is -2.26. The van der Waals surface area contributed by atoms with Crippen molar-refractivity contribution in [3.8, 4) is 0 Å². The summed E-state index contributed by atoms with van der Waals surface area (Å²) >= 11 is 3.19. The van der Waals surface area contributed by atoms with Crippen LogP contribution in [0.25, 0.3) is 0 Å². The molecule has 21 heavy (non-hydrogen) atoms. The van der Waals surface area contributed by atoms with Crippen molar-refractivity contribution in [2.24, 2.45) is 0 Å². The summed E-state index contributed by atoms with van der Waals surface area (Å²) in [7, 11) is 0. The minimum Gasteiger partial charge on any atom is -0.382 e. The van der Waals surface area contributed by atoms with Crippen LogP contribution in [-0.2, 0) is 10.9 Å². The van der Waals surface area contributed by atoms with E-state index >= 15 is 0 Å². The number of hydrogen-bond acceptors (Lipinski definition) is 3. The molecule has 3 nitrogen and oxygen atoms in total. The fourth-order valence-corrected chi connectivity index (χ4v) is 2.64. The van der Waals surface area contributed by atoms with Crippen LogP contribution in [0.4, 0.5) is 18.9 Å². The molecule has 0 atom stereocenters. The standard InChI is InChI=1S/C14H18BrF3N2O/c15-10-1-2-12(14(16,17)18)13(9-10)20-7-8-21-11-3-5-19-6-4-11/h1-2,9,11,19-20H,3-8H2. The maximum Gasteiger partial charge on any atom is 0.418 e. The monoisotopic (exact) mass is 366 g/mol. The quantitative estimate of drug-likeness (QED) is 0.780. The van der Waals surface area contributed by atoms with Crippen LogP contribution in [-0.4, -0.2) is 32.3 Å². The Labute approximate surface area is 130 Å². The maximum atomic E-state index is 12.9. The lowest BCUT2D eigenvalue weighted by Crippen LogP contribution is -2.33. The van der Waals surface area contributed by atoms with Gasteiger partial charge in [-0.1, -0.05) is 15.9 Å². The van der Waals surface area contributed by atoms with Gasteiger partial charge < -0.3 is 15.4 Å². The Balaban J connectivity index is 1.86. The second kappa shape index (κ2) is 7.47. The third-order valence-electron chi connectivity index (χ3n) is 3.34. The van der Waals surface area contributed by atoms with Gasteiger partial charge in [0, 0.05) is 16.7 Å². The molecule has 0 spiro atoms. The number of alkyl halides is 3. The molecule has 1 fully saturated rings. The van der Waals surface area contributed by atoms with Crippen molar-refractivity contribution in [2.45, 2.75) is 25.1 Å². The fraction of sp³-hybridized carbons (Fsp3) is 0.571. The molecule has 0 aliphatic carbocycles. The first kappa shape index (κ1) is 16.6. The Kier molecular flexibility index (Phi) is 5.89. The molecule has 0 amide bonds. The summed E-state index contributed by atoms with van der Waals surface area (Å²) < 4.78 is 44.9. The first-order chi connectivity index (χ1) is 9.97. The van der Waals surface area contributed by atoms with E-state index in [2.05, 4.69) is 26.6 Å². The number of nitrogens with one attached hydrogen (secondary N) is 2. The summed E-state index contributed by atoms with van der Waals surface area (Å²) in [5, 5.41) is 6.05. The molecular formula is C14H18BrF3N2O. The summed E-state index contributed by atoms with van der Waals surface area (Å²) in [5.41, 5.74) is -0.585. The number of ether oxygens (including phenoxy) is 1. The number of anilines is 1. The fourth-order valence-electron chi connectivity index (χ4n) is 2.28. The molecule has 0 radical (unpaired) electrons. The minimum absolute atomic E-state index is 0.0748. The van der Waals surface area contributed by atoms with E-state index in [-0.39, 0.29) is 11.8 Å². The zero-order chi connectivity index (χ0) is 15.3. The van der Waals surface area contributed by atoms with Gasteiger partial charge in [-0.25, -0.2) is 0 Å². The molecule has 1 heterocycles. The van der Waals surface area contributed by atoms with Gasteiger partial charge in [-0.15, -0.1) is 0 Å². The topological polar surface area (TPSA) is 33.3 Å². The van der Waals surface area contributed by atoms with Crippen LogP contribution in [0.5, 0.6) is 0 Å². The molecule has 0 aromatic heterocycles. The summed E-state index contributed by atoms with van der Waals surface area (Å²) in [6.45, 7) is 2.61. The van der Waals surface area contributed by atoms with Crippen LogP contribution in [0.1, 0.15) is 18.4 Å². The highest BCUT2D eigenvalue weighted by atomic mass is 79.9. The SMILES string of the molecule is FC(F)(F)c1ccc(Br)cc1NCCOC1CCNCC1. The van der Waals surface area contributed by atoms with Gasteiger partial charge in [-0.3, -0.25) is 0 Å². The van der Waals surface area contributed by atoms with E-state index in [1.54, 1.807) is 0 Å². The summed E-state index contributed by atoms with van der Waals surface area (Å²) in [6, 6.07) is 3.90. The van der Waals surface area contributed by atoms with E-state index in [0.717, 1.165) is 32.0 Å². The molecule has 118 valence electrons. The lowest BCUT2D eigenvalue weighted by molar-refractivity contribution is -0.137. The summed E-state index contributed by atoms with van der Waals surface area (Å²) in [4.78, 5) is 0. The van der Waals surface area contributed by atoms with Gasteiger partial charge in [0.2, 0.25) is 0 Å². The van der Waals surface area contributed by atoms with Crippen molar-refractivity contribution in [1.29, 1.82) is 0 Å². The molecule has 1 saturated heterocycles. The van der Waals surface area contributed by atoms with Gasteiger partial charge >= 0.3 is 6.18 Å². The Hall–Kier alpha value is -0.790. The van der Waals surface area contributed by atoms with Crippen molar-refractivity contribution in [3.05, 3.63) is 28.2 Å². The van der Waals surface area contributed by atoms with E-state index in [4.69, 9.17) is 4.74 Å². The molecule has 1 aliphatic heterocycles. The minimum atomic E-state index is -4.36. The van der Waals surface area contributed by atoms with Crippen molar-refractivity contribution in [2.75, 3.05) is 31.6 Å².